The number of Topliss-reactive ketones (excluding diaryl/α,β-unsaturated/α-hetero) is 2. The van der Waals surface area contributed by atoms with E-state index in [4.69, 9.17) is 0 Å². The van der Waals surface area contributed by atoms with E-state index in [0.29, 0.717) is 10.4 Å². The molecule has 80 valence electrons. The van der Waals surface area contributed by atoms with Crippen molar-refractivity contribution in [1.82, 2.24) is 4.98 Å². The zero-order valence-corrected chi connectivity index (χ0v) is 9.24. The molecule has 2 aromatic heterocycles. The Morgan fingerprint density at radius 3 is 2.50 bits per heavy atom. The number of hydrogen-bond donors (Lipinski definition) is 0. The van der Waals surface area contributed by atoms with Gasteiger partial charge in [-0.3, -0.25) is 14.6 Å². The van der Waals surface area contributed by atoms with Crippen LogP contribution in [0, 0.1) is 0 Å². The van der Waals surface area contributed by atoms with E-state index >= 15 is 0 Å². The molecule has 0 aromatic carbocycles. The minimum absolute atomic E-state index is 0.0788. The second-order valence-electron chi connectivity index (χ2n) is 3.24. The summed E-state index contributed by atoms with van der Waals surface area (Å²) in [6, 6.07) is 6.76. The standard InChI is InChI=1S/C12H9NO2S/c14-10(9-3-5-13-6-4-9)8-11(15)12-2-1-7-16-12/h1-7H,8H2. The Morgan fingerprint density at radius 1 is 1.12 bits per heavy atom. The summed E-state index contributed by atoms with van der Waals surface area (Å²) in [6.45, 7) is 0. The second kappa shape index (κ2) is 4.81. The van der Waals surface area contributed by atoms with Gasteiger partial charge in [0.15, 0.2) is 11.6 Å². The van der Waals surface area contributed by atoms with Crippen LogP contribution in [0.4, 0.5) is 0 Å². The number of ketones is 2. The molecule has 0 saturated heterocycles. The van der Waals surface area contributed by atoms with Crippen molar-refractivity contribution in [3.05, 3.63) is 52.5 Å². The third-order valence-corrected chi connectivity index (χ3v) is 3.03. The van der Waals surface area contributed by atoms with Crippen LogP contribution in [0.25, 0.3) is 0 Å². The van der Waals surface area contributed by atoms with Crippen molar-refractivity contribution < 1.29 is 9.59 Å². The lowest BCUT2D eigenvalue weighted by molar-refractivity contribution is 0.0896. The van der Waals surface area contributed by atoms with E-state index in [1.165, 1.54) is 11.3 Å². The number of pyridine rings is 1. The number of rotatable bonds is 4. The Hall–Kier alpha value is -1.81. The van der Waals surface area contributed by atoms with Crippen LogP contribution in [0.5, 0.6) is 0 Å². The van der Waals surface area contributed by atoms with Crippen molar-refractivity contribution in [2.45, 2.75) is 6.42 Å². The van der Waals surface area contributed by atoms with Crippen molar-refractivity contribution in [1.29, 1.82) is 0 Å². The highest BCUT2D eigenvalue weighted by molar-refractivity contribution is 7.12. The summed E-state index contributed by atoms with van der Waals surface area (Å²) >= 11 is 1.35. The number of aromatic nitrogens is 1. The summed E-state index contributed by atoms with van der Waals surface area (Å²) in [6.07, 6.45) is 3.01. The molecule has 0 radical (unpaired) electrons. The molecule has 0 atom stereocenters. The quantitative estimate of drug-likeness (QED) is 0.600. The van der Waals surface area contributed by atoms with Crippen LogP contribution in [0.1, 0.15) is 26.5 Å². The van der Waals surface area contributed by atoms with Gasteiger partial charge in [-0.05, 0) is 23.6 Å². The average molecular weight is 231 g/mol. The maximum Gasteiger partial charge on any atom is 0.180 e. The van der Waals surface area contributed by atoms with Gasteiger partial charge in [-0.15, -0.1) is 11.3 Å². The molecule has 0 spiro atoms. The first-order chi connectivity index (χ1) is 7.77. The topological polar surface area (TPSA) is 47.0 Å². The molecule has 2 aromatic rings. The minimum atomic E-state index is -0.166. The van der Waals surface area contributed by atoms with Crippen molar-refractivity contribution in [3.63, 3.8) is 0 Å². The maximum absolute atomic E-state index is 11.7. The van der Waals surface area contributed by atoms with E-state index in [2.05, 4.69) is 4.98 Å². The molecule has 16 heavy (non-hydrogen) atoms. The highest BCUT2D eigenvalue weighted by Crippen LogP contribution is 2.13. The molecule has 3 nitrogen and oxygen atoms in total. The first kappa shape index (κ1) is 10.7. The molecule has 0 aliphatic carbocycles. The van der Waals surface area contributed by atoms with Gasteiger partial charge in [-0.25, -0.2) is 0 Å². The fourth-order valence-corrected chi connectivity index (χ4v) is 1.97. The van der Waals surface area contributed by atoms with Gasteiger partial charge in [0, 0.05) is 18.0 Å². The Balaban J connectivity index is 2.06. The smallest absolute Gasteiger partial charge is 0.180 e. The predicted octanol–water partition coefficient (Wildman–Crippen LogP) is 2.60. The van der Waals surface area contributed by atoms with Gasteiger partial charge < -0.3 is 0 Å². The molecule has 2 heterocycles. The SMILES string of the molecule is O=C(CC(=O)c1cccs1)c1ccncc1. The summed E-state index contributed by atoms with van der Waals surface area (Å²) in [5.74, 6) is -0.294. The Morgan fingerprint density at radius 2 is 1.88 bits per heavy atom. The predicted molar refractivity (Wildman–Crippen MR) is 61.8 cm³/mol. The lowest BCUT2D eigenvalue weighted by Gasteiger charge is -1.98. The molecule has 0 aliphatic rings. The van der Waals surface area contributed by atoms with Crippen LogP contribution in [0.15, 0.2) is 42.0 Å². The van der Waals surface area contributed by atoms with E-state index in [-0.39, 0.29) is 18.0 Å². The van der Waals surface area contributed by atoms with Gasteiger partial charge in [-0.2, -0.15) is 0 Å². The first-order valence-electron chi connectivity index (χ1n) is 4.77. The molecule has 0 bridgehead atoms. The van der Waals surface area contributed by atoms with E-state index in [1.807, 2.05) is 5.38 Å². The molecule has 4 heteroatoms. The monoisotopic (exact) mass is 231 g/mol. The van der Waals surface area contributed by atoms with Crippen LogP contribution < -0.4 is 0 Å². The van der Waals surface area contributed by atoms with Crippen molar-refractivity contribution in [2.24, 2.45) is 0 Å². The van der Waals surface area contributed by atoms with Gasteiger partial charge >= 0.3 is 0 Å². The molecule has 0 N–H and O–H groups in total. The highest BCUT2D eigenvalue weighted by atomic mass is 32.1. The molecule has 0 unspecified atom stereocenters. The molecular formula is C12H9NO2S. The number of nitrogens with zero attached hydrogens (tertiary/aromatic N) is 1. The molecule has 2 rings (SSSR count). The van der Waals surface area contributed by atoms with Crippen LogP contribution in [-0.2, 0) is 0 Å². The average Bonchev–Trinajstić information content (AvgIpc) is 2.83. The molecule has 0 fully saturated rings. The zero-order chi connectivity index (χ0) is 11.4. The van der Waals surface area contributed by atoms with Gasteiger partial charge in [0.05, 0.1) is 11.3 Å². The number of thiophene rings is 1. The van der Waals surface area contributed by atoms with Gasteiger partial charge in [0.1, 0.15) is 0 Å². The van der Waals surface area contributed by atoms with E-state index in [9.17, 15) is 9.59 Å². The van der Waals surface area contributed by atoms with Gasteiger partial charge in [0.2, 0.25) is 0 Å². The third kappa shape index (κ3) is 2.41. The minimum Gasteiger partial charge on any atom is -0.294 e. The highest BCUT2D eigenvalue weighted by Gasteiger charge is 2.13. The lowest BCUT2D eigenvalue weighted by atomic mass is 10.1. The fraction of sp³-hybridized carbons (Fsp3) is 0.0833. The molecular weight excluding hydrogens is 222 g/mol. The van der Waals surface area contributed by atoms with E-state index in [0.717, 1.165) is 0 Å². The van der Waals surface area contributed by atoms with Gasteiger partial charge in [0.25, 0.3) is 0 Å². The summed E-state index contributed by atoms with van der Waals surface area (Å²) in [7, 11) is 0. The van der Waals surface area contributed by atoms with Crippen molar-refractivity contribution >= 4 is 22.9 Å². The van der Waals surface area contributed by atoms with Crippen molar-refractivity contribution in [3.8, 4) is 0 Å². The lowest BCUT2D eigenvalue weighted by Crippen LogP contribution is -2.07. The normalized spacial score (nSPS) is 10.0. The second-order valence-corrected chi connectivity index (χ2v) is 4.18. The summed E-state index contributed by atoms with van der Waals surface area (Å²) in [5, 5.41) is 1.82. The molecule has 0 saturated carbocycles. The van der Waals surface area contributed by atoms with Crippen molar-refractivity contribution in [2.75, 3.05) is 0 Å². The Kier molecular flexibility index (Phi) is 3.22. The van der Waals surface area contributed by atoms with Crippen LogP contribution >= 0.6 is 11.3 Å². The zero-order valence-electron chi connectivity index (χ0n) is 8.42. The third-order valence-electron chi connectivity index (χ3n) is 2.12. The van der Waals surface area contributed by atoms with Crippen LogP contribution in [-0.4, -0.2) is 16.6 Å². The first-order valence-corrected chi connectivity index (χ1v) is 5.65. The Labute approximate surface area is 96.8 Å². The largest absolute Gasteiger partial charge is 0.294 e. The maximum atomic E-state index is 11.7. The van der Waals surface area contributed by atoms with E-state index in [1.54, 1.807) is 36.7 Å². The molecule has 0 amide bonds. The summed E-state index contributed by atoms with van der Waals surface area (Å²) in [4.78, 5) is 27.8. The number of hydrogen-bond acceptors (Lipinski definition) is 4. The fourth-order valence-electron chi connectivity index (χ4n) is 1.31. The Bertz CT molecular complexity index is 491. The summed E-state index contributed by atoms with van der Waals surface area (Å²) in [5.41, 5.74) is 0.528. The molecule has 0 aliphatic heterocycles. The van der Waals surface area contributed by atoms with Gasteiger partial charge in [-0.1, -0.05) is 6.07 Å². The van der Waals surface area contributed by atoms with Crippen LogP contribution in [0.2, 0.25) is 0 Å². The summed E-state index contributed by atoms with van der Waals surface area (Å²) < 4.78 is 0. The number of carbonyl (C=O) groups is 2. The number of carbonyl (C=O) groups excluding carboxylic acids is 2. The van der Waals surface area contributed by atoms with Crippen LogP contribution in [0.3, 0.4) is 0 Å². The van der Waals surface area contributed by atoms with E-state index < -0.39 is 0 Å².